The SMILES string of the molecule is CC1(C)C[C@@H]2C[C@](C)(CN2C(=O)COC(=O)c2cc(Cl)cc(Cl)c2N)C1. The molecule has 1 heterocycles. The number of hydrogen-bond acceptors (Lipinski definition) is 4. The normalized spacial score (nSPS) is 26.7. The third kappa shape index (κ3) is 3.79. The molecule has 0 aromatic heterocycles. The molecule has 3 rings (SSSR count). The van der Waals surface area contributed by atoms with Crippen molar-refractivity contribution >= 4 is 40.8 Å². The van der Waals surface area contributed by atoms with E-state index < -0.39 is 5.97 Å². The maximum absolute atomic E-state index is 12.7. The molecule has 26 heavy (non-hydrogen) atoms. The lowest BCUT2D eigenvalue weighted by Gasteiger charge is -2.39. The van der Waals surface area contributed by atoms with Gasteiger partial charge in [-0.25, -0.2) is 4.79 Å². The van der Waals surface area contributed by atoms with E-state index >= 15 is 0 Å². The highest BCUT2D eigenvalue weighted by Crippen LogP contribution is 2.52. The second-order valence-electron chi connectivity index (χ2n) is 8.66. The number of esters is 1. The van der Waals surface area contributed by atoms with E-state index in [2.05, 4.69) is 20.8 Å². The van der Waals surface area contributed by atoms with Crippen LogP contribution in [-0.2, 0) is 9.53 Å². The summed E-state index contributed by atoms with van der Waals surface area (Å²) in [6.07, 6.45) is 3.07. The van der Waals surface area contributed by atoms with Gasteiger partial charge in [0.25, 0.3) is 5.91 Å². The summed E-state index contributed by atoms with van der Waals surface area (Å²) in [7, 11) is 0. The smallest absolute Gasteiger partial charge is 0.340 e. The number of fused-ring (bicyclic) bond motifs is 2. The van der Waals surface area contributed by atoms with Crippen molar-refractivity contribution in [2.75, 3.05) is 18.9 Å². The van der Waals surface area contributed by atoms with Crippen molar-refractivity contribution in [3.63, 3.8) is 0 Å². The van der Waals surface area contributed by atoms with Gasteiger partial charge in [-0.2, -0.15) is 0 Å². The van der Waals surface area contributed by atoms with Crippen molar-refractivity contribution in [3.8, 4) is 0 Å². The Morgan fingerprint density at radius 2 is 1.96 bits per heavy atom. The zero-order valence-electron chi connectivity index (χ0n) is 15.3. The minimum atomic E-state index is -0.700. The van der Waals surface area contributed by atoms with Crippen LogP contribution in [0.1, 0.15) is 50.4 Å². The third-order valence-corrected chi connectivity index (χ3v) is 5.91. The van der Waals surface area contributed by atoms with E-state index in [1.165, 1.54) is 12.1 Å². The summed E-state index contributed by atoms with van der Waals surface area (Å²) in [5.74, 6) is -0.870. The van der Waals surface area contributed by atoms with Crippen LogP contribution < -0.4 is 5.73 Å². The zero-order valence-corrected chi connectivity index (χ0v) is 16.8. The first-order chi connectivity index (χ1) is 12.0. The second-order valence-corrected chi connectivity index (χ2v) is 9.50. The van der Waals surface area contributed by atoms with Gasteiger partial charge in [0.1, 0.15) is 0 Å². The molecule has 2 fully saturated rings. The summed E-state index contributed by atoms with van der Waals surface area (Å²) in [5, 5.41) is 0.463. The van der Waals surface area contributed by atoms with Crippen LogP contribution in [0.15, 0.2) is 12.1 Å². The summed E-state index contributed by atoms with van der Waals surface area (Å²) in [6, 6.07) is 3.05. The Kier molecular flexibility index (Phi) is 4.91. The largest absolute Gasteiger partial charge is 0.452 e. The minimum Gasteiger partial charge on any atom is -0.452 e. The number of likely N-dealkylation sites (tertiary alicyclic amines) is 1. The zero-order chi connectivity index (χ0) is 19.3. The molecule has 1 aliphatic heterocycles. The van der Waals surface area contributed by atoms with Crippen molar-refractivity contribution in [1.29, 1.82) is 0 Å². The lowest BCUT2D eigenvalue weighted by Crippen LogP contribution is -2.39. The first kappa shape index (κ1) is 19.3. The van der Waals surface area contributed by atoms with Crippen molar-refractivity contribution in [1.82, 2.24) is 4.90 Å². The van der Waals surface area contributed by atoms with Crippen LogP contribution in [0, 0.1) is 10.8 Å². The number of nitrogen functional groups attached to an aromatic ring is 1. The van der Waals surface area contributed by atoms with Gasteiger partial charge in [0.2, 0.25) is 0 Å². The fourth-order valence-corrected chi connectivity index (χ4v) is 5.29. The van der Waals surface area contributed by atoms with E-state index in [1.807, 2.05) is 4.90 Å². The standard InChI is InChI=1S/C19H24Cl2N2O3/c1-18(2)6-12-7-19(3,9-18)10-23(12)15(24)8-26-17(25)13-4-11(20)5-14(21)16(13)22/h4-5,12H,6-10,22H2,1-3H3/t12-,19+/m1/s1. The molecule has 1 aromatic carbocycles. The van der Waals surface area contributed by atoms with Crippen LogP contribution in [-0.4, -0.2) is 36.0 Å². The Morgan fingerprint density at radius 1 is 1.27 bits per heavy atom. The Balaban J connectivity index is 1.66. The second kappa shape index (κ2) is 6.61. The summed E-state index contributed by atoms with van der Waals surface area (Å²) in [5.41, 5.74) is 6.33. The van der Waals surface area contributed by atoms with Crippen LogP contribution in [0.25, 0.3) is 0 Å². The fourth-order valence-electron chi connectivity index (χ4n) is 4.79. The average molecular weight is 399 g/mol. The topological polar surface area (TPSA) is 72.6 Å². The number of nitrogens with two attached hydrogens (primary N) is 1. The van der Waals surface area contributed by atoms with Gasteiger partial charge >= 0.3 is 5.97 Å². The molecular weight excluding hydrogens is 375 g/mol. The molecule has 2 atom stereocenters. The Labute approximate surface area is 163 Å². The van der Waals surface area contributed by atoms with E-state index in [9.17, 15) is 9.59 Å². The number of anilines is 1. The van der Waals surface area contributed by atoms with Gasteiger partial charge in [0, 0.05) is 17.6 Å². The van der Waals surface area contributed by atoms with Crippen LogP contribution in [0.4, 0.5) is 5.69 Å². The number of hydrogen-bond donors (Lipinski definition) is 1. The summed E-state index contributed by atoms with van der Waals surface area (Å²) >= 11 is 11.9. The van der Waals surface area contributed by atoms with Crippen molar-refractivity contribution < 1.29 is 14.3 Å². The molecule has 1 amide bonds. The van der Waals surface area contributed by atoms with Gasteiger partial charge in [-0.3, -0.25) is 4.79 Å². The molecule has 142 valence electrons. The maximum Gasteiger partial charge on any atom is 0.340 e. The molecule has 7 heteroatoms. The molecule has 5 nitrogen and oxygen atoms in total. The average Bonchev–Trinajstić information content (AvgIpc) is 2.77. The molecule has 1 saturated carbocycles. The monoisotopic (exact) mass is 398 g/mol. The molecule has 0 unspecified atom stereocenters. The Bertz CT molecular complexity index is 765. The quantitative estimate of drug-likeness (QED) is 0.612. The van der Waals surface area contributed by atoms with Crippen LogP contribution in [0.3, 0.4) is 0 Å². The number of carbonyl (C=O) groups excluding carboxylic acids is 2. The highest BCUT2D eigenvalue weighted by Gasteiger charge is 2.50. The van der Waals surface area contributed by atoms with Crippen LogP contribution in [0.5, 0.6) is 0 Å². The number of nitrogens with zero attached hydrogens (tertiary/aromatic N) is 1. The van der Waals surface area contributed by atoms with Crippen LogP contribution in [0.2, 0.25) is 10.0 Å². The first-order valence-electron chi connectivity index (χ1n) is 8.71. The van der Waals surface area contributed by atoms with Crippen molar-refractivity contribution in [2.24, 2.45) is 10.8 Å². The van der Waals surface area contributed by atoms with Gasteiger partial charge in [-0.1, -0.05) is 44.0 Å². The van der Waals surface area contributed by atoms with Gasteiger partial charge in [-0.05, 0) is 42.2 Å². The van der Waals surface area contributed by atoms with Gasteiger partial charge in [-0.15, -0.1) is 0 Å². The van der Waals surface area contributed by atoms with Crippen LogP contribution >= 0.6 is 23.2 Å². The Morgan fingerprint density at radius 3 is 2.65 bits per heavy atom. The van der Waals surface area contributed by atoms with Crippen molar-refractivity contribution in [2.45, 2.75) is 46.1 Å². The highest BCUT2D eigenvalue weighted by atomic mass is 35.5. The molecular formula is C19H24Cl2N2O3. The summed E-state index contributed by atoms with van der Waals surface area (Å²) < 4.78 is 5.20. The minimum absolute atomic E-state index is 0.0727. The predicted octanol–water partition coefficient (Wildman–Crippen LogP) is 4.16. The van der Waals surface area contributed by atoms with E-state index in [0.29, 0.717) is 6.54 Å². The number of benzene rings is 1. The number of rotatable bonds is 3. The van der Waals surface area contributed by atoms with E-state index in [-0.39, 0.29) is 50.7 Å². The van der Waals surface area contributed by atoms with E-state index in [4.69, 9.17) is 33.7 Å². The molecule has 1 aliphatic carbocycles. The number of ether oxygens (including phenoxy) is 1. The van der Waals surface area contributed by atoms with Crippen molar-refractivity contribution in [3.05, 3.63) is 27.7 Å². The van der Waals surface area contributed by atoms with Gasteiger partial charge < -0.3 is 15.4 Å². The van der Waals surface area contributed by atoms with Gasteiger partial charge in [0.05, 0.1) is 16.3 Å². The number of halogens is 2. The molecule has 1 aromatic rings. The lowest BCUT2D eigenvalue weighted by atomic mass is 9.65. The summed E-state index contributed by atoms with van der Waals surface area (Å²) in [6.45, 7) is 7.13. The molecule has 1 saturated heterocycles. The third-order valence-electron chi connectivity index (χ3n) is 5.38. The lowest BCUT2D eigenvalue weighted by molar-refractivity contribution is -0.135. The van der Waals surface area contributed by atoms with E-state index in [0.717, 1.165) is 19.3 Å². The molecule has 0 spiro atoms. The van der Waals surface area contributed by atoms with Gasteiger partial charge in [0.15, 0.2) is 6.61 Å². The number of carbonyl (C=O) groups is 2. The fraction of sp³-hybridized carbons (Fsp3) is 0.579. The predicted molar refractivity (Wildman–Crippen MR) is 102 cm³/mol. The molecule has 2 bridgehead atoms. The molecule has 2 N–H and O–H groups in total. The molecule has 2 aliphatic rings. The van der Waals surface area contributed by atoms with E-state index in [1.54, 1.807) is 0 Å². The number of amides is 1. The maximum atomic E-state index is 12.7. The highest BCUT2D eigenvalue weighted by molar-refractivity contribution is 6.37. The summed E-state index contributed by atoms with van der Waals surface area (Å²) in [4.78, 5) is 26.8. The molecule has 0 radical (unpaired) electrons. The first-order valence-corrected chi connectivity index (χ1v) is 9.46. The Hall–Kier alpha value is -1.46.